The molecule has 3 rings (SSSR count). The molecule has 0 fully saturated rings. The normalized spacial score (nSPS) is 11.2. The number of imidazole rings is 1. The molecule has 0 spiro atoms. The van der Waals surface area contributed by atoms with Gasteiger partial charge in [0.2, 0.25) is 0 Å². The highest BCUT2D eigenvalue weighted by molar-refractivity contribution is 5.80. The van der Waals surface area contributed by atoms with E-state index >= 15 is 0 Å². The Labute approximate surface area is 98.1 Å². The molecule has 0 N–H and O–H groups in total. The maximum Gasteiger partial charge on any atom is 0.143 e. The zero-order valence-electron chi connectivity index (χ0n) is 9.93. The van der Waals surface area contributed by atoms with Crippen LogP contribution in [0.4, 0.5) is 0 Å². The van der Waals surface area contributed by atoms with Crippen molar-refractivity contribution in [3.8, 4) is 11.3 Å². The highest BCUT2D eigenvalue weighted by atomic mass is 16.5. The van der Waals surface area contributed by atoms with Crippen molar-refractivity contribution in [1.29, 1.82) is 0 Å². The number of fused-ring (bicyclic) bond motifs is 1. The highest BCUT2D eigenvalue weighted by Gasteiger charge is 2.13. The SMILES string of the molecule is Cc1noc(C)c1-c1cc2ncn(C)c2cn1. The third-order valence-electron chi connectivity index (χ3n) is 2.90. The van der Waals surface area contributed by atoms with Crippen LogP contribution in [-0.2, 0) is 7.05 Å². The number of hydrogen-bond donors (Lipinski definition) is 0. The second-order valence-corrected chi connectivity index (χ2v) is 4.11. The first-order valence-electron chi connectivity index (χ1n) is 5.37. The molecule has 0 aliphatic heterocycles. The Kier molecular flexibility index (Phi) is 2.01. The second-order valence-electron chi connectivity index (χ2n) is 4.11. The third-order valence-corrected chi connectivity index (χ3v) is 2.90. The Hall–Kier alpha value is -2.17. The van der Waals surface area contributed by atoms with E-state index in [0.29, 0.717) is 0 Å². The van der Waals surface area contributed by atoms with Gasteiger partial charge in [0.05, 0.1) is 40.5 Å². The minimum atomic E-state index is 0.783. The summed E-state index contributed by atoms with van der Waals surface area (Å²) in [5, 5.41) is 3.94. The number of aryl methyl sites for hydroxylation is 3. The van der Waals surface area contributed by atoms with E-state index in [2.05, 4.69) is 15.1 Å². The molecule has 0 atom stereocenters. The van der Waals surface area contributed by atoms with Gasteiger partial charge in [-0.1, -0.05) is 5.16 Å². The van der Waals surface area contributed by atoms with Gasteiger partial charge in [-0.15, -0.1) is 0 Å². The Morgan fingerprint density at radius 3 is 2.76 bits per heavy atom. The quantitative estimate of drug-likeness (QED) is 0.641. The molecule has 0 saturated carbocycles. The minimum absolute atomic E-state index is 0.783. The molecule has 0 saturated heterocycles. The van der Waals surface area contributed by atoms with E-state index in [-0.39, 0.29) is 0 Å². The van der Waals surface area contributed by atoms with Crippen LogP contribution in [0.1, 0.15) is 11.5 Å². The molecule has 0 amide bonds. The lowest BCUT2D eigenvalue weighted by Gasteiger charge is -1.99. The van der Waals surface area contributed by atoms with Gasteiger partial charge in [-0.3, -0.25) is 4.98 Å². The summed E-state index contributed by atoms with van der Waals surface area (Å²) in [7, 11) is 1.95. The van der Waals surface area contributed by atoms with Gasteiger partial charge in [-0.05, 0) is 19.9 Å². The lowest BCUT2D eigenvalue weighted by atomic mass is 10.1. The van der Waals surface area contributed by atoms with Crippen molar-refractivity contribution in [2.75, 3.05) is 0 Å². The summed E-state index contributed by atoms with van der Waals surface area (Å²) in [4.78, 5) is 8.76. The Bertz CT molecular complexity index is 676. The van der Waals surface area contributed by atoms with Gasteiger partial charge in [0.25, 0.3) is 0 Å². The van der Waals surface area contributed by atoms with E-state index in [1.165, 1.54) is 0 Å². The molecule has 0 aromatic carbocycles. The molecule has 0 bridgehead atoms. The predicted octanol–water partition coefficient (Wildman–Crippen LogP) is 2.24. The zero-order valence-corrected chi connectivity index (χ0v) is 9.93. The van der Waals surface area contributed by atoms with Crippen LogP contribution in [0.15, 0.2) is 23.1 Å². The van der Waals surface area contributed by atoms with Gasteiger partial charge in [0.1, 0.15) is 5.76 Å². The molecule has 0 radical (unpaired) electrons. The molecule has 5 nitrogen and oxygen atoms in total. The van der Waals surface area contributed by atoms with Crippen molar-refractivity contribution in [2.45, 2.75) is 13.8 Å². The first-order chi connectivity index (χ1) is 8.16. The summed E-state index contributed by atoms with van der Waals surface area (Å²) in [5.41, 5.74) is 4.60. The van der Waals surface area contributed by atoms with Crippen molar-refractivity contribution in [3.63, 3.8) is 0 Å². The summed E-state index contributed by atoms with van der Waals surface area (Å²) in [6.45, 7) is 3.80. The molecule has 0 unspecified atom stereocenters. The average molecular weight is 228 g/mol. The van der Waals surface area contributed by atoms with Crippen molar-refractivity contribution in [2.24, 2.45) is 7.05 Å². The van der Waals surface area contributed by atoms with E-state index in [9.17, 15) is 0 Å². The first kappa shape index (κ1) is 10.0. The predicted molar refractivity (Wildman–Crippen MR) is 63.5 cm³/mol. The molecule has 0 aliphatic rings. The average Bonchev–Trinajstić information content (AvgIpc) is 2.83. The molecular formula is C12H12N4O. The summed E-state index contributed by atoms with van der Waals surface area (Å²) in [5.74, 6) is 0.783. The topological polar surface area (TPSA) is 56.7 Å². The molecule has 0 aliphatic carbocycles. The van der Waals surface area contributed by atoms with Crippen molar-refractivity contribution in [1.82, 2.24) is 19.7 Å². The summed E-state index contributed by atoms with van der Waals surface area (Å²) < 4.78 is 7.10. The summed E-state index contributed by atoms with van der Waals surface area (Å²) in [6, 6.07) is 1.96. The van der Waals surface area contributed by atoms with E-state index < -0.39 is 0 Å². The smallest absolute Gasteiger partial charge is 0.143 e. The lowest BCUT2D eigenvalue weighted by molar-refractivity contribution is 0.393. The van der Waals surface area contributed by atoms with E-state index in [1.54, 1.807) is 6.33 Å². The number of pyridine rings is 1. The second kappa shape index (κ2) is 3.41. The maximum atomic E-state index is 5.15. The Morgan fingerprint density at radius 1 is 1.24 bits per heavy atom. The molecule has 3 aromatic rings. The minimum Gasteiger partial charge on any atom is -0.361 e. The van der Waals surface area contributed by atoms with Gasteiger partial charge in [0.15, 0.2) is 0 Å². The van der Waals surface area contributed by atoms with Gasteiger partial charge in [0, 0.05) is 7.05 Å². The van der Waals surface area contributed by atoms with Gasteiger partial charge in [-0.2, -0.15) is 0 Å². The van der Waals surface area contributed by atoms with E-state index in [0.717, 1.165) is 33.7 Å². The van der Waals surface area contributed by atoms with Gasteiger partial charge in [-0.25, -0.2) is 4.98 Å². The molecule has 86 valence electrons. The standard InChI is InChI=1S/C12H12N4O/c1-7-12(8(2)17-15-7)10-4-9-11(5-13-10)16(3)6-14-9/h4-6H,1-3H3. The molecule has 3 heterocycles. The Morgan fingerprint density at radius 2 is 2.06 bits per heavy atom. The van der Waals surface area contributed by atoms with Crippen LogP contribution in [-0.4, -0.2) is 19.7 Å². The van der Waals surface area contributed by atoms with Crippen molar-refractivity contribution < 1.29 is 4.52 Å². The fraction of sp³-hybridized carbons (Fsp3) is 0.250. The molecular weight excluding hydrogens is 216 g/mol. The van der Waals surface area contributed by atoms with Crippen LogP contribution < -0.4 is 0 Å². The van der Waals surface area contributed by atoms with Crippen LogP contribution in [0.5, 0.6) is 0 Å². The van der Waals surface area contributed by atoms with Gasteiger partial charge < -0.3 is 9.09 Å². The number of hydrogen-bond acceptors (Lipinski definition) is 4. The monoisotopic (exact) mass is 228 g/mol. The number of rotatable bonds is 1. The summed E-state index contributed by atoms with van der Waals surface area (Å²) in [6.07, 6.45) is 3.60. The zero-order chi connectivity index (χ0) is 12.0. The van der Waals surface area contributed by atoms with Crippen LogP contribution in [0.2, 0.25) is 0 Å². The van der Waals surface area contributed by atoms with E-state index in [1.807, 2.05) is 37.7 Å². The van der Waals surface area contributed by atoms with Crippen molar-refractivity contribution in [3.05, 3.63) is 30.0 Å². The van der Waals surface area contributed by atoms with Crippen molar-refractivity contribution >= 4 is 11.0 Å². The fourth-order valence-electron chi connectivity index (χ4n) is 2.01. The fourth-order valence-corrected chi connectivity index (χ4v) is 2.01. The number of nitrogens with zero attached hydrogens (tertiary/aromatic N) is 4. The lowest BCUT2D eigenvalue weighted by Crippen LogP contribution is -1.89. The largest absolute Gasteiger partial charge is 0.361 e. The molecule has 3 aromatic heterocycles. The van der Waals surface area contributed by atoms with Crippen LogP contribution in [0.25, 0.3) is 22.3 Å². The third kappa shape index (κ3) is 1.43. The van der Waals surface area contributed by atoms with E-state index in [4.69, 9.17) is 4.52 Å². The maximum absolute atomic E-state index is 5.15. The van der Waals surface area contributed by atoms with Crippen LogP contribution in [0.3, 0.4) is 0 Å². The molecule has 17 heavy (non-hydrogen) atoms. The van der Waals surface area contributed by atoms with Crippen LogP contribution >= 0.6 is 0 Å². The Balaban J connectivity index is 2.25. The summed E-state index contributed by atoms with van der Waals surface area (Å²) >= 11 is 0. The van der Waals surface area contributed by atoms with Gasteiger partial charge >= 0.3 is 0 Å². The molecule has 5 heteroatoms. The first-order valence-corrected chi connectivity index (χ1v) is 5.37. The van der Waals surface area contributed by atoms with Crippen LogP contribution in [0, 0.1) is 13.8 Å². The number of aromatic nitrogens is 4. The highest BCUT2D eigenvalue weighted by Crippen LogP contribution is 2.26.